The van der Waals surface area contributed by atoms with E-state index in [0.717, 1.165) is 34.4 Å². The van der Waals surface area contributed by atoms with Gasteiger partial charge in [-0.05, 0) is 58.6 Å². The van der Waals surface area contributed by atoms with Gasteiger partial charge in [-0.2, -0.15) is 4.31 Å². The van der Waals surface area contributed by atoms with Gasteiger partial charge in [-0.25, -0.2) is 21.6 Å². The Bertz CT molecular complexity index is 963. The largest absolute Gasteiger partial charge is 0.250 e. The van der Waals surface area contributed by atoms with Crippen LogP contribution in [-0.4, -0.2) is 34.2 Å². The van der Waals surface area contributed by atoms with Gasteiger partial charge in [0.05, 0.1) is 8.68 Å². The highest BCUT2D eigenvalue weighted by molar-refractivity contribution is 9.11. The Kier molecular flexibility index (Phi) is 6.20. The zero-order chi connectivity index (χ0) is 18.8. The lowest BCUT2D eigenvalue weighted by Crippen LogP contribution is -2.35. The summed E-state index contributed by atoms with van der Waals surface area (Å²) in [6.07, 6.45) is 2.84. The average molecular weight is 479 g/mol. The molecule has 0 bridgehead atoms. The van der Waals surface area contributed by atoms with Gasteiger partial charge in [-0.1, -0.05) is 18.6 Å². The first-order chi connectivity index (χ1) is 12.3. The van der Waals surface area contributed by atoms with Crippen molar-refractivity contribution in [1.82, 2.24) is 9.03 Å². The van der Waals surface area contributed by atoms with Crippen molar-refractivity contribution in [2.24, 2.45) is 0 Å². The number of rotatable bonds is 6. The van der Waals surface area contributed by atoms with Crippen LogP contribution in [0.2, 0.25) is 0 Å². The number of nitrogens with zero attached hydrogens (tertiary/aromatic N) is 1. The second-order valence-electron chi connectivity index (χ2n) is 5.99. The van der Waals surface area contributed by atoms with Crippen LogP contribution in [0.5, 0.6) is 0 Å². The molecule has 1 saturated heterocycles. The zero-order valence-electron chi connectivity index (χ0n) is 13.9. The monoisotopic (exact) mass is 478 g/mol. The molecule has 26 heavy (non-hydrogen) atoms. The standard InChI is InChI=1S/C16H19BrN2O4S3/c17-15-8-9-16(24-15)25(20,21)18-12-13-4-6-14(7-5-13)26(22,23)19-10-2-1-3-11-19/h4-9,18H,1-3,10-12H2. The fourth-order valence-electron chi connectivity index (χ4n) is 2.73. The van der Waals surface area contributed by atoms with E-state index in [2.05, 4.69) is 20.7 Å². The number of benzene rings is 1. The first kappa shape index (κ1) is 20.0. The van der Waals surface area contributed by atoms with Crippen molar-refractivity contribution in [2.45, 2.75) is 34.9 Å². The predicted octanol–water partition coefficient (Wildman–Crippen LogP) is 3.16. The minimum absolute atomic E-state index is 0.0991. The van der Waals surface area contributed by atoms with Crippen LogP contribution in [-0.2, 0) is 26.6 Å². The van der Waals surface area contributed by atoms with E-state index in [-0.39, 0.29) is 15.6 Å². The molecule has 0 radical (unpaired) electrons. The van der Waals surface area contributed by atoms with Crippen molar-refractivity contribution >= 4 is 47.3 Å². The van der Waals surface area contributed by atoms with E-state index in [4.69, 9.17) is 0 Å². The van der Waals surface area contributed by atoms with Crippen molar-refractivity contribution in [1.29, 1.82) is 0 Å². The van der Waals surface area contributed by atoms with Gasteiger partial charge in [0, 0.05) is 19.6 Å². The second-order valence-corrected chi connectivity index (χ2v) is 12.4. The molecule has 10 heteroatoms. The predicted molar refractivity (Wildman–Crippen MR) is 105 cm³/mol. The summed E-state index contributed by atoms with van der Waals surface area (Å²) in [6.45, 7) is 1.21. The van der Waals surface area contributed by atoms with Crippen LogP contribution in [0.15, 0.2) is 49.3 Å². The summed E-state index contributed by atoms with van der Waals surface area (Å²) in [4.78, 5) is 0.244. The molecule has 1 aliphatic rings. The Hall–Kier alpha value is -0.780. The third-order valence-corrected chi connectivity index (χ3v) is 9.59. The van der Waals surface area contributed by atoms with Crippen LogP contribution in [0.3, 0.4) is 0 Å². The number of hydrogen-bond donors (Lipinski definition) is 1. The van der Waals surface area contributed by atoms with E-state index in [1.165, 1.54) is 22.5 Å². The molecule has 0 unspecified atom stereocenters. The molecule has 1 aromatic carbocycles. The Balaban J connectivity index is 1.68. The summed E-state index contributed by atoms with van der Waals surface area (Å²) in [5.74, 6) is 0. The van der Waals surface area contributed by atoms with Crippen LogP contribution in [0, 0.1) is 0 Å². The smallest absolute Gasteiger partial charge is 0.207 e. The fraction of sp³-hybridized carbons (Fsp3) is 0.375. The lowest BCUT2D eigenvalue weighted by atomic mass is 10.2. The molecule has 0 aliphatic carbocycles. The number of hydrogen-bond acceptors (Lipinski definition) is 5. The van der Waals surface area contributed by atoms with Gasteiger partial charge in [0.15, 0.2) is 0 Å². The molecule has 2 aromatic rings. The van der Waals surface area contributed by atoms with E-state index in [0.29, 0.717) is 18.7 Å². The molecule has 1 aliphatic heterocycles. The van der Waals surface area contributed by atoms with Crippen molar-refractivity contribution in [3.63, 3.8) is 0 Å². The first-order valence-corrected chi connectivity index (χ1v) is 12.7. The van der Waals surface area contributed by atoms with Crippen LogP contribution >= 0.6 is 27.3 Å². The molecule has 0 amide bonds. The van der Waals surface area contributed by atoms with E-state index >= 15 is 0 Å². The van der Waals surface area contributed by atoms with Gasteiger partial charge in [-0.15, -0.1) is 11.3 Å². The lowest BCUT2D eigenvalue weighted by molar-refractivity contribution is 0.346. The fourth-order valence-corrected chi connectivity index (χ4v) is 7.31. The lowest BCUT2D eigenvalue weighted by Gasteiger charge is -2.25. The quantitative estimate of drug-likeness (QED) is 0.690. The molecule has 2 heterocycles. The highest BCUT2D eigenvalue weighted by atomic mass is 79.9. The van der Waals surface area contributed by atoms with E-state index in [1.54, 1.807) is 18.2 Å². The second kappa shape index (κ2) is 8.07. The Morgan fingerprint density at radius 1 is 0.962 bits per heavy atom. The third kappa shape index (κ3) is 4.55. The maximum atomic E-state index is 12.6. The molecule has 1 fully saturated rings. The van der Waals surface area contributed by atoms with Crippen LogP contribution in [0.25, 0.3) is 0 Å². The van der Waals surface area contributed by atoms with Gasteiger partial charge < -0.3 is 0 Å². The van der Waals surface area contributed by atoms with Gasteiger partial charge in [0.1, 0.15) is 4.21 Å². The van der Waals surface area contributed by atoms with E-state index in [1.807, 2.05) is 0 Å². The number of piperidine rings is 1. The molecule has 142 valence electrons. The summed E-state index contributed by atoms with van der Waals surface area (Å²) in [6, 6.07) is 9.57. The first-order valence-electron chi connectivity index (χ1n) is 8.13. The molecule has 6 nitrogen and oxygen atoms in total. The number of nitrogens with one attached hydrogen (secondary N) is 1. The molecule has 1 N–H and O–H groups in total. The minimum Gasteiger partial charge on any atom is -0.207 e. The van der Waals surface area contributed by atoms with Gasteiger partial charge >= 0.3 is 0 Å². The number of halogens is 1. The van der Waals surface area contributed by atoms with E-state index in [9.17, 15) is 16.8 Å². The van der Waals surface area contributed by atoms with Crippen molar-refractivity contribution in [3.05, 3.63) is 45.7 Å². The number of sulfonamides is 2. The average Bonchev–Trinajstić information content (AvgIpc) is 3.09. The van der Waals surface area contributed by atoms with Crippen LogP contribution in [0.4, 0.5) is 0 Å². The molecule has 0 atom stereocenters. The highest BCUT2D eigenvalue weighted by Crippen LogP contribution is 2.26. The Morgan fingerprint density at radius 2 is 1.62 bits per heavy atom. The van der Waals surface area contributed by atoms with Gasteiger partial charge in [0.25, 0.3) is 0 Å². The van der Waals surface area contributed by atoms with Crippen LogP contribution < -0.4 is 4.72 Å². The van der Waals surface area contributed by atoms with Crippen molar-refractivity contribution < 1.29 is 16.8 Å². The molecule has 0 spiro atoms. The molecule has 3 rings (SSSR count). The summed E-state index contributed by atoms with van der Waals surface area (Å²) in [5.41, 5.74) is 0.696. The summed E-state index contributed by atoms with van der Waals surface area (Å²) >= 11 is 4.38. The molecular weight excluding hydrogens is 460 g/mol. The normalized spacial score (nSPS) is 16.7. The van der Waals surface area contributed by atoms with Crippen LogP contribution in [0.1, 0.15) is 24.8 Å². The zero-order valence-corrected chi connectivity index (χ0v) is 17.9. The molecular formula is C16H19BrN2O4S3. The Morgan fingerprint density at radius 3 is 2.19 bits per heavy atom. The van der Waals surface area contributed by atoms with Gasteiger partial charge in [-0.3, -0.25) is 0 Å². The third-order valence-electron chi connectivity index (χ3n) is 4.16. The maximum Gasteiger partial charge on any atom is 0.250 e. The Labute approximate surface area is 166 Å². The van der Waals surface area contributed by atoms with E-state index < -0.39 is 20.0 Å². The van der Waals surface area contributed by atoms with Crippen molar-refractivity contribution in [2.75, 3.05) is 13.1 Å². The van der Waals surface area contributed by atoms with Gasteiger partial charge in [0.2, 0.25) is 20.0 Å². The maximum absolute atomic E-state index is 12.6. The summed E-state index contributed by atoms with van der Waals surface area (Å²) < 4.78 is 54.7. The SMILES string of the molecule is O=S(=O)(NCc1ccc(S(=O)(=O)N2CCCCC2)cc1)c1ccc(Br)s1. The highest BCUT2D eigenvalue weighted by Gasteiger charge is 2.25. The summed E-state index contributed by atoms with van der Waals surface area (Å²) in [5, 5.41) is 0. The molecule has 1 aromatic heterocycles. The number of thiophene rings is 1. The minimum atomic E-state index is -3.58. The molecule has 0 saturated carbocycles. The summed E-state index contributed by atoms with van der Waals surface area (Å²) in [7, 11) is -7.05. The topological polar surface area (TPSA) is 83.5 Å². The van der Waals surface area contributed by atoms with Crippen molar-refractivity contribution in [3.8, 4) is 0 Å².